The Balaban J connectivity index is 2.16. The molecule has 34 heavy (non-hydrogen) atoms. The molecule has 1 amide bonds. The van der Waals surface area contributed by atoms with Gasteiger partial charge in [-0.1, -0.05) is 35.9 Å². The number of halogens is 1. The topological polar surface area (TPSA) is 85.3 Å². The average Bonchev–Trinajstić information content (AvgIpc) is 3.06. The lowest BCUT2D eigenvalue weighted by molar-refractivity contribution is -0.140. The SMILES string of the molecule is COc1cc(/C(O)=C2\C(=O)C(=O)N(CCCOC(C)C)C2c2ccccc2C)c(OC)cc1Cl. The maximum absolute atomic E-state index is 13.2. The van der Waals surface area contributed by atoms with E-state index in [-0.39, 0.29) is 33.8 Å². The Kier molecular flexibility index (Phi) is 8.23. The molecule has 1 fully saturated rings. The molecule has 1 aliphatic rings. The zero-order valence-electron chi connectivity index (χ0n) is 20.1. The van der Waals surface area contributed by atoms with Gasteiger partial charge >= 0.3 is 0 Å². The summed E-state index contributed by atoms with van der Waals surface area (Å²) in [5.41, 5.74) is 1.85. The van der Waals surface area contributed by atoms with Crippen molar-refractivity contribution in [3.63, 3.8) is 0 Å². The predicted molar refractivity (Wildman–Crippen MR) is 130 cm³/mol. The first-order valence-electron chi connectivity index (χ1n) is 11.1. The second-order valence-corrected chi connectivity index (χ2v) is 8.72. The van der Waals surface area contributed by atoms with Crippen LogP contribution in [-0.2, 0) is 14.3 Å². The van der Waals surface area contributed by atoms with Crippen molar-refractivity contribution in [1.82, 2.24) is 4.90 Å². The van der Waals surface area contributed by atoms with Gasteiger partial charge in [0.1, 0.15) is 17.3 Å². The minimum absolute atomic E-state index is 0.00764. The summed E-state index contributed by atoms with van der Waals surface area (Å²) in [4.78, 5) is 27.9. The molecular formula is C26H30ClNO6. The Labute approximate surface area is 204 Å². The summed E-state index contributed by atoms with van der Waals surface area (Å²) in [6.07, 6.45) is 0.612. The smallest absolute Gasteiger partial charge is 0.295 e. The fourth-order valence-corrected chi connectivity index (χ4v) is 4.30. The number of aliphatic hydroxyl groups excluding tert-OH is 1. The van der Waals surface area contributed by atoms with Crippen LogP contribution in [0.25, 0.3) is 5.76 Å². The van der Waals surface area contributed by atoms with Crippen molar-refractivity contribution in [1.29, 1.82) is 0 Å². The fourth-order valence-electron chi connectivity index (χ4n) is 4.07. The fraction of sp³-hybridized carbons (Fsp3) is 0.385. The number of ketones is 1. The van der Waals surface area contributed by atoms with Crippen LogP contribution in [0.1, 0.15) is 43.0 Å². The molecule has 0 radical (unpaired) electrons. The monoisotopic (exact) mass is 487 g/mol. The number of hydrogen-bond acceptors (Lipinski definition) is 6. The first-order valence-corrected chi connectivity index (χ1v) is 11.5. The molecule has 2 aromatic carbocycles. The number of methoxy groups -OCH3 is 2. The number of rotatable bonds is 9. The van der Waals surface area contributed by atoms with E-state index in [0.29, 0.717) is 25.3 Å². The average molecular weight is 488 g/mol. The Morgan fingerprint density at radius 3 is 2.41 bits per heavy atom. The number of carbonyl (C=O) groups excluding carboxylic acids is 2. The third-order valence-electron chi connectivity index (χ3n) is 5.75. The minimum Gasteiger partial charge on any atom is -0.507 e. The quantitative estimate of drug-likeness (QED) is 0.234. The van der Waals surface area contributed by atoms with Crippen molar-refractivity contribution in [2.75, 3.05) is 27.4 Å². The lowest BCUT2D eigenvalue weighted by Crippen LogP contribution is -2.31. The summed E-state index contributed by atoms with van der Waals surface area (Å²) in [6, 6.07) is 9.73. The van der Waals surface area contributed by atoms with E-state index >= 15 is 0 Å². The van der Waals surface area contributed by atoms with Gasteiger partial charge in [0, 0.05) is 19.2 Å². The number of aliphatic hydroxyl groups is 1. The largest absolute Gasteiger partial charge is 0.507 e. The first kappa shape index (κ1) is 25.6. The number of benzene rings is 2. The van der Waals surface area contributed by atoms with E-state index in [0.717, 1.165) is 11.1 Å². The van der Waals surface area contributed by atoms with E-state index in [4.69, 9.17) is 25.8 Å². The molecule has 3 rings (SSSR count). The second-order valence-electron chi connectivity index (χ2n) is 8.31. The molecule has 182 valence electrons. The van der Waals surface area contributed by atoms with Crippen molar-refractivity contribution in [3.8, 4) is 11.5 Å². The van der Waals surface area contributed by atoms with Gasteiger partial charge in [0.2, 0.25) is 0 Å². The van der Waals surface area contributed by atoms with Crippen LogP contribution in [0.4, 0.5) is 0 Å². The van der Waals surface area contributed by atoms with Crippen LogP contribution in [0.3, 0.4) is 0 Å². The normalized spacial score (nSPS) is 17.5. The lowest BCUT2D eigenvalue weighted by atomic mass is 9.92. The zero-order valence-corrected chi connectivity index (χ0v) is 20.8. The maximum atomic E-state index is 13.2. The van der Waals surface area contributed by atoms with Crippen molar-refractivity contribution in [2.24, 2.45) is 0 Å². The first-order chi connectivity index (χ1) is 16.2. The summed E-state index contributed by atoms with van der Waals surface area (Å²) >= 11 is 6.21. The van der Waals surface area contributed by atoms with Gasteiger partial charge in [-0.2, -0.15) is 0 Å². The Hall–Kier alpha value is -3.03. The van der Waals surface area contributed by atoms with E-state index in [1.54, 1.807) is 0 Å². The predicted octanol–water partition coefficient (Wildman–Crippen LogP) is 4.90. The number of ether oxygens (including phenoxy) is 3. The summed E-state index contributed by atoms with van der Waals surface area (Å²) < 4.78 is 16.3. The summed E-state index contributed by atoms with van der Waals surface area (Å²) in [5, 5.41) is 11.7. The van der Waals surface area contributed by atoms with Gasteiger partial charge in [-0.15, -0.1) is 0 Å². The van der Waals surface area contributed by atoms with E-state index in [2.05, 4.69) is 0 Å². The van der Waals surface area contributed by atoms with E-state index in [9.17, 15) is 14.7 Å². The van der Waals surface area contributed by atoms with Crippen molar-refractivity contribution >= 4 is 29.1 Å². The molecule has 1 atom stereocenters. The van der Waals surface area contributed by atoms with Crippen molar-refractivity contribution in [3.05, 3.63) is 63.7 Å². The van der Waals surface area contributed by atoms with Crippen LogP contribution in [0, 0.1) is 6.92 Å². The van der Waals surface area contributed by atoms with Gasteiger partial charge in [-0.3, -0.25) is 9.59 Å². The molecule has 1 heterocycles. The maximum Gasteiger partial charge on any atom is 0.295 e. The van der Waals surface area contributed by atoms with Gasteiger partial charge < -0.3 is 24.2 Å². The van der Waals surface area contributed by atoms with Gasteiger partial charge in [0.05, 0.1) is 42.5 Å². The molecule has 7 nitrogen and oxygen atoms in total. The van der Waals surface area contributed by atoms with Gasteiger partial charge in [-0.05, 0) is 44.4 Å². The molecule has 2 aromatic rings. The summed E-state index contributed by atoms with van der Waals surface area (Å²) in [6.45, 7) is 6.53. The number of nitrogens with zero attached hydrogens (tertiary/aromatic N) is 1. The van der Waals surface area contributed by atoms with Crippen LogP contribution in [0.2, 0.25) is 5.02 Å². The van der Waals surface area contributed by atoms with Gasteiger partial charge in [0.15, 0.2) is 0 Å². The number of carbonyl (C=O) groups is 2. The number of hydrogen-bond donors (Lipinski definition) is 1. The Bertz CT molecular complexity index is 1110. The van der Waals surface area contributed by atoms with Gasteiger partial charge in [0.25, 0.3) is 11.7 Å². The molecule has 8 heteroatoms. The number of likely N-dealkylation sites (tertiary alicyclic amines) is 1. The highest BCUT2D eigenvalue weighted by atomic mass is 35.5. The van der Waals surface area contributed by atoms with Crippen LogP contribution in [-0.4, -0.2) is 55.2 Å². The number of Topliss-reactive ketones (excluding diaryl/α,β-unsaturated/α-hetero) is 1. The standard InChI is InChI=1S/C26H30ClNO6/c1-15(2)34-12-8-11-28-23(17-10-7-6-9-16(17)3)22(25(30)26(28)31)24(29)18-13-21(33-5)19(27)14-20(18)32-4/h6-7,9-10,13-15,23,29H,8,11-12H2,1-5H3/b24-22+. The van der Waals surface area contributed by atoms with Crippen LogP contribution < -0.4 is 9.47 Å². The Morgan fingerprint density at radius 1 is 1.12 bits per heavy atom. The molecule has 0 bridgehead atoms. The summed E-state index contributed by atoms with van der Waals surface area (Å²) in [7, 11) is 2.88. The summed E-state index contributed by atoms with van der Waals surface area (Å²) in [5.74, 6) is -1.22. The highest BCUT2D eigenvalue weighted by molar-refractivity contribution is 6.46. The van der Waals surface area contributed by atoms with E-state index in [1.165, 1.54) is 31.3 Å². The van der Waals surface area contributed by atoms with Gasteiger partial charge in [-0.25, -0.2) is 0 Å². The molecule has 0 spiro atoms. The molecule has 0 aromatic heterocycles. The second kappa shape index (κ2) is 10.9. The number of aryl methyl sites for hydroxylation is 1. The molecule has 0 saturated carbocycles. The van der Waals surface area contributed by atoms with Crippen LogP contribution in [0.15, 0.2) is 42.0 Å². The van der Waals surface area contributed by atoms with Crippen molar-refractivity contribution in [2.45, 2.75) is 39.3 Å². The van der Waals surface area contributed by atoms with Crippen LogP contribution >= 0.6 is 11.6 Å². The molecule has 1 N–H and O–H groups in total. The lowest BCUT2D eigenvalue weighted by Gasteiger charge is -2.27. The molecule has 1 aliphatic heterocycles. The van der Waals surface area contributed by atoms with Crippen LogP contribution in [0.5, 0.6) is 11.5 Å². The van der Waals surface area contributed by atoms with E-state index < -0.39 is 17.7 Å². The minimum atomic E-state index is -0.758. The highest BCUT2D eigenvalue weighted by Crippen LogP contribution is 2.43. The molecule has 1 unspecified atom stereocenters. The van der Waals surface area contributed by atoms with E-state index in [1.807, 2.05) is 45.0 Å². The Morgan fingerprint density at radius 2 is 1.79 bits per heavy atom. The third kappa shape index (κ3) is 5.05. The highest BCUT2D eigenvalue weighted by Gasteiger charge is 2.46. The molecular weight excluding hydrogens is 458 g/mol. The zero-order chi connectivity index (χ0) is 25.0. The molecule has 0 aliphatic carbocycles. The third-order valence-corrected chi connectivity index (χ3v) is 6.04. The number of amides is 1. The molecule has 1 saturated heterocycles. The van der Waals surface area contributed by atoms with Crippen molar-refractivity contribution < 1.29 is 28.9 Å².